The SMILES string of the molecule is I[C@H]1COC(CC2=NCCO2)=N1. The Morgan fingerprint density at radius 1 is 1.42 bits per heavy atom. The van der Waals surface area contributed by atoms with E-state index >= 15 is 0 Å². The van der Waals surface area contributed by atoms with E-state index in [2.05, 4.69) is 32.6 Å². The van der Waals surface area contributed by atoms with Gasteiger partial charge in [0, 0.05) is 0 Å². The summed E-state index contributed by atoms with van der Waals surface area (Å²) in [5, 5.41) is 0. The fourth-order valence-electron chi connectivity index (χ4n) is 1.11. The first-order chi connectivity index (χ1) is 5.84. The lowest BCUT2D eigenvalue weighted by molar-refractivity contribution is 0.323. The van der Waals surface area contributed by atoms with Gasteiger partial charge < -0.3 is 9.47 Å². The van der Waals surface area contributed by atoms with E-state index in [1.165, 1.54) is 0 Å². The molecule has 0 radical (unpaired) electrons. The highest BCUT2D eigenvalue weighted by molar-refractivity contribution is 14.1. The zero-order chi connectivity index (χ0) is 8.39. The predicted molar refractivity (Wildman–Crippen MR) is 54.1 cm³/mol. The Bertz CT molecular complexity index is 240. The summed E-state index contributed by atoms with van der Waals surface area (Å²) in [5.41, 5.74) is 0. The van der Waals surface area contributed by atoms with Gasteiger partial charge in [-0.05, 0) is 0 Å². The number of aliphatic imine (C=N–C) groups is 2. The molecule has 0 N–H and O–H groups in total. The molecule has 12 heavy (non-hydrogen) atoms. The minimum absolute atomic E-state index is 0.264. The van der Waals surface area contributed by atoms with Crippen molar-refractivity contribution in [2.24, 2.45) is 9.98 Å². The van der Waals surface area contributed by atoms with Crippen LogP contribution in [0.5, 0.6) is 0 Å². The maximum atomic E-state index is 5.31. The molecule has 0 aliphatic carbocycles. The molecule has 66 valence electrons. The van der Waals surface area contributed by atoms with Crippen molar-refractivity contribution in [2.75, 3.05) is 19.8 Å². The Balaban J connectivity index is 1.90. The van der Waals surface area contributed by atoms with E-state index in [4.69, 9.17) is 9.47 Å². The number of halogens is 1. The molecule has 0 fully saturated rings. The van der Waals surface area contributed by atoms with Gasteiger partial charge in [-0.3, -0.25) is 4.99 Å². The smallest absolute Gasteiger partial charge is 0.193 e. The van der Waals surface area contributed by atoms with Gasteiger partial charge in [-0.2, -0.15) is 0 Å². The summed E-state index contributed by atoms with van der Waals surface area (Å²) in [7, 11) is 0. The summed E-state index contributed by atoms with van der Waals surface area (Å²) in [4.78, 5) is 8.43. The molecule has 2 aliphatic heterocycles. The average molecular weight is 280 g/mol. The van der Waals surface area contributed by atoms with Gasteiger partial charge in [-0.1, -0.05) is 22.6 Å². The van der Waals surface area contributed by atoms with Crippen molar-refractivity contribution in [3.8, 4) is 0 Å². The van der Waals surface area contributed by atoms with Crippen LogP contribution in [0.25, 0.3) is 0 Å². The first-order valence-electron chi connectivity index (χ1n) is 3.84. The second kappa shape index (κ2) is 3.59. The molecule has 0 aromatic heterocycles. The molecule has 2 rings (SSSR count). The molecular weight excluding hydrogens is 271 g/mol. The van der Waals surface area contributed by atoms with Gasteiger partial charge in [0.2, 0.25) is 0 Å². The Morgan fingerprint density at radius 3 is 2.92 bits per heavy atom. The van der Waals surface area contributed by atoms with Crippen molar-refractivity contribution < 1.29 is 9.47 Å². The van der Waals surface area contributed by atoms with Crippen molar-refractivity contribution in [3.63, 3.8) is 0 Å². The maximum Gasteiger partial charge on any atom is 0.193 e. The van der Waals surface area contributed by atoms with Crippen molar-refractivity contribution in [2.45, 2.75) is 10.5 Å². The fourth-order valence-corrected chi connectivity index (χ4v) is 1.60. The zero-order valence-electron chi connectivity index (χ0n) is 6.49. The molecule has 1 atom stereocenters. The van der Waals surface area contributed by atoms with Gasteiger partial charge in [-0.15, -0.1) is 0 Å². The van der Waals surface area contributed by atoms with Crippen molar-refractivity contribution in [1.82, 2.24) is 0 Å². The highest BCUT2D eigenvalue weighted by atomic mass is 127. The molecular formula is C7H9IN2O2. The van der Waals surface area contributed by atoms with Crippen LogP contribution >= 0.6 is 22.6 Å². The lowest BCUT2D eigenvalue weighted by Crippen LogP contribution is -2.08. The lowest BCUT2D eigenvalue weighted by atomic mass is 10.4. The second-order valence-electron chi connectivity index (χ2n) is 2.57. The summed E-state index contributed by atoms with van der Waals surface area (Å²) in [6.45, 7) is 2.16. The molecule has 0 spiro atoms. The summed E-state index contributed by atoms with van der Waals surface area (Å²) in [6, 6.07) is 0. The first-order valence-corrected chi connectivity index (χ1v) is 5.09. The van der Waals surface area contributed by atoms with Crippen molar-refractivity contribution in [1.29, 1.82) is 0 Å². The van der Waals surface area contributed by atoms with Gasteiger partial charge >= 0.3 is 0 Å². The summed E-state index contributed by atoms with van der Waals surface area (Å²) >= 11 is 2.24. The number of alkyl halides is 1. The van der Waals surface area contributed by atoms with Crippen LogP contribution in [-0.4, -0.2) is 35.6 Å². The third-order valence-corrected chi connectivity index (χ3v) is 2.26. The third kappa shape index (κ3) is 1.88. The molecule has 0 amide bonds. The lowest BCUT2D eigenvalue weighted by Gasteiger charge is -2.00. The van der Waals surface area contributed by atoms with Crippen LogP contribution in [0.15, 0.2) is 9.98 Å². The van der Waals surface area contributed by atoms with Gasteiger partial charge in [0.05, 0.1) is 13.0 Å². The maximum absolute atomic E-state index is 5.31. The number of rotatable bonds is 2. The van der Waals surface area contributed by atoms with E-state index in [9.17, 15) is 0 Å². The highest BCUT2D eigenvalue weighted by Crippen LogP contribution is 2.14. The van der Waals surface area contributed by atoms with Crippen LogP contribution in [0.3, 0.4) is 0 Å². The predicted octanol–water partition coefficient (Wildman–Crippen LogP) is 0.995. The topological polar surface area (TPSA) is 43.2 Å². The fraction of sp³-hybridized carbons (Fsp3) is 0.714. The number of nitrogens with zero attached hydrogens (tertiary/aromatic N) is 2. The molecule has 5 heteroatoms. The molecule has 4 nitrogen and oxygen atoms in total. The van der Waals surface area contributed by atoms with Crippen molar-refractivity contribution in [3.05, 3.63) is 0 Å². The van der Waals surface area contributed by atoms with E-state index in [1.54, 1.807) is 0 Å². The van der Waals surface area contributed by atoms with Gasteiger partial charge in [0.15, 0.2) is 11.8 Å². The molecule has 0 aromatic rings. The summed E-state index contributed by atoms with van der Waals surface area (Å²) in [5.74, 6) is 1.52. The second-order valence-corrected chi connectivity index (χ2v) is 4.01. The molecule has 0 saturated carbocycles. The van der Waals surface area contributed by atoms with Gasteiger partial charge in [-0.25, -0.2) is 4.99 Å². The molecule has 0 unspecified atom stereocenters. The minimum atomic E-state index is 0.264. The van der Waals surface area contributed by atoms with Crippen LogP contribution in [0.2, 0.25) is 0 Å². The van der Waals surface area contributed by atoms with Crippen LogP contribution < -0.4 is 0 Å². The Hall–Kier alpha value is -0.330. The standard InChI is InChI=1S/C7H9IN2O2/c8-5-4-12-7(10-5)3-6-9-1-2-11-6/h5H,1-4H2/t5-/m1/s1. The molecule has 2 heterocycles. The zero-order valence-corrected chi connectivity index (χ0v) is 8.65. The quantitative estimate of drug-likeness (QED) is 0.430. The Morgan fingerprint density at radius 2 is 2.33 bits per heavy atom. The van der Waals surface area contributed by atoms with E-state index < -0.39 is 0 Å². The van der Waals surface area contributed by atoms with Crippen LogP contribution in [0.1, 0.15) is 6.42 Å². The average Bonchev–Trinajstić information content (AvgIpc) is 2.63. The molecule has 2 aliphatic rings. The van der Waals surface area contributed by atoms with E-state index in [1.807, 2.05) is 0 Å². The summed E-state index contributed by atoms with van der Waals surface area (Å²) < 4.78 is 10.8. The van der Waals surface area contributed by atoms with E-state index in [0.717, 1.165) is 18.3 Å². The Labute approximate surface area is 84.2 Å². The van der Waals surface area contributed by atoms with Crippen LogP contribution in [-0.2, 0) is 9.47 Å². The van der Waals surface area contributed by atoms with Crippen LogP contribution in [0, 0.1) is 0 Å². The Kier molecular flexibility index (Phi) is 2.48. The van der Waals surface area contributed by atoms with Gasteiger partial charge in [0.25, 0.3) is 0 Å². The van der Waals surface area contributed by atoms with Crippen molar-refractivity contribution >= 4 is 34.4 Å². The first kappa shape index (κ1) is 8.28. The number of hydrogen-bond donors (Lipinski definition) is 0. The molecule has 0 aromatic carbocycles. The number of hydrogen-bond acceptors (Lipinski definition) is 4. The molecule has 0 bridgehead atoms. The van der Waals surface area contributed by atoms with Crippen LogP contribution in [0.4, 0.5) is 0 Å². The largest absolute Gasteiger partial charge is 0.479 e. The monoisotopic (exact) mass is 280 g/mol. The van der Waals surface area contributed by atoms with E-state index in [0.29, 0.717) is 19.6 Å². The molecule has 0 saturated heterocycles. The minimum Gasteiger partial charge on any atom is -0.479 e. The van der Waals surface area contributed by atoms with Gasteiger partial charge in [0.1, 0.15) is 17.3 Å². The summed E-state index contributed by atoms with van der Waals surface area (Å²) in [6.07, 6.45) is 0.625. The number of ether oxygens (including phenoxy) is 2. The van der Waals surface area contributed by atoms with E-state index in [-0.39, 0.29) is 4.05 Å². The normalized spacial score (nSPS) is 27.6. The third-order valence-electron chi connectivity index (χ3n) is 1.62. The highest BCUT2D eigenvalue weighted by Gasteiger charge is 2.19.